The number of hydrogen-bond donors (Lipinski definition) is 4. The molecule has 0 amide bonds. The van der Waals surface area contributed by atoms with Crippen molar-refractivity contribution in [2.24, 2.45) is 0 Å². The van der Waals surface area contributed by atoms with Crippen LogP contribution < -0.4 is 10.9 Å². The Labute approximate surface area is 149 Å². The van der Waals surface area contributed by atoms with Gasteiger partial charge < -0.3 is 20.5 Å². The second-order valence-corrected chi connectivity index (χ2v) is 5.65. The van der Waals surface area contributed by atoms with Crippen molar-refractivity contribution >= 4 is 22.4 Å². The molecule has 26 heavy (non-hydrogen) atoms. The number of aromatic amines is 1. The van der Waals surface area contributed by atoms with Gasteiger partial charge in [-0.25, -0.2) is 4.98 Å². The molecule has 0 unspecified atom stereocenters. The van der Waals surface area contributed by atoms with Crippen molar-refractivity contribution < 1.29 is 15.0 Å². The lowest BCUT2D eigenvalue weighted by Crippen LogP contribution is -2.19. The molecule has 0 saturated heterocycles. The number of aliphatic hydroxyl groups excluding tert-OH is 1. The van der Waals surface area contributed by atoms with E-state index in [1.165, 1.54) is 0 Å². The van der Waals surface area contributed by atoms with E-state index in [0.717, 1.165) is 0 Å². The van der Waals surface area contributed by atoms with Gasteiger partial charge in [-0.05, 0) is 31.4 Å². The largest absolute Gasteiger partial charge is 0.481 e. The Morgan fingerprint density at radius 1 is 1.27 bits per heavy atom. The molecule has 0 saturated carbocycles. The molecule has 0 aliphatic carbocycles. The number of nitriles is 1. The molecule has 8 nitrogen and oxygen atoms in total. The van der Waals surface area contributed by atoms with Crippen LogP contribution in [0.15, 0.2) is 34.8 Å². The number of fused-ring (bicyclic) bond motifs is 1. The van der Waals surface area contributed by atoms with E-state index in [1.54, 1.807) is 24.3 Å². The van der Waals surface area contributed by atoms with Gasteiger partial charge >= 0.3 is 5.97 Å². The van der Waals surface area contributed by atoms with Crippen molar-refractivity contribution in [3.63, 3.8) is 0 Å². The average molecular weight is 356 g/mol. The molecular formula is C18H20N4O4. The highest BCUT2D eigenvalue weighted by atomic mass is 16.4. The quantitative estimate of drug-likeness (QED) is 0.393. The summed E-state index contributed by atoms with van der Waals surface area (Å²) in [5.74, 6) is -0.747. The minimum absolute atomic E-state index is 0.00717. The molecule has 2 aromatic rings. The number of allylic oxidation sites excluding steroid dienone is 2. The van der Waals surface area contributed by atoms with Crippen LogP contribution in [-0.4, -0.2) is 39.3 Å². The molecule has 0 aliphatic rings. The number of carboxylic acid groups (broad SMARTS) is 1. The number of aliphatic hydroxyl groups is 1. The fourth-order valence-corrected chi connectivity index (χ4v) is 2.50. The normalized spacial score (nSPS) is 11.7. The molecule has 1 aromatic carbocycles. The number of para-hydroxylation sites is 1. The summed E-state index contributed by atoms with van der Waals surface area (Å²) < 4.78 is 0. The summed E-state index contributed by atoms with van der Waals surface area (Å²) in [6.07, 6.45) is 1.19. The van der Waals surface area contributed by atoms with Crippen LogP contribution in [0.3, 0.4) is 0 Å². The lowest BCUT2D eigenvalue weighted by atomic mass is 10.1. The predicted octanol–water partition coefficient (Wildman–Crippen LogP) is 1.38. The van der Waals surface area contributed by atoms with E-state index in [9.17, 15) is 14.9 Å². The second-order valence-electron chi connectivity index (χ2n) is 5.65. The first-order valence-electron chi connectivity index (χ1n) is 8.26. The van der Waals surface area contributed by atoms with Crippen LogP contribution in [0.1, 0.15) is 31.5 Å². The van der Waals surface area contributed by atoms with Gasteiger partial charge in [0.05, 0.1) is 10.9 Å². The molecule has 0 aliphatic heterocycles. The third-order valence-electron chi connectivity index (χ3n) is 3.75. The summed E-state index contributed by atoms with van der Waals surface area (Å²) in [5.41, 5.74) is 0.833. The molecule has 4 N–H and O–H groups in total. The summed E-state index contributed by atoms with van der Waals surface area (Å²) in [6, 6.07) is 8.88. The Bertz CT molecular complexity index is 911. The Balaban J connectivity index is 2.39. The molecule has 0 radical (unpaired) electrons. The summed E-state index contributed by atoms with van der Waals surface area (Å²) >= 11 is 0. The summed E-state index contributed by atoms with van der Waals surface area (Å²) in [6.45, 7) is 0.302. The lowest BCUT2D eigenvalue weighted by Gasteiger charge is -2.13. The van der Waals surface area contributed by atoms with Gasteiger partial charge in [0, 0.05) is 25.3 Å². The van der Waals surface area contributed by atoms with E-state index in [-0.39, 0.29) is 30.0 Å². The van der Waals surface area contributed by atoms with Gasteiger partial charge in [-0.15, -0.1) is 0 Å². The van der Waals surface area contributed by atoms with Crippen LogP contribution in [-0.2, 0) is 4.79 Å². The highest BCUT2D eigenvalue weighted by molar-refractivity contribution is 5.82. The zero-order valence-corrected chi connectivity index (χ0v) is 14.2. The van der Waals surface area contributed by atoms with Crippen LogP contribution in [0.25, 0.3) is 16.5 Å². The average Bonchev–Trinajstić information content (AvgIpc) is 2.63. The number of rotatable bonds is 9. The van der Waals surface area contributed by atoms with Crippen LogP contribution in [0.2, 0.25) is 0 Å². The van der Waals surface area contributed by atoms with Gasteiger partial charge in [0.1, 0.15) is 11.6 Å². The molecule has 0 bridgehead atoms. The topological polar surface area (TPSA) is 139 Å². The van der Waals surface area contributed by atoms with Crippen molar-refractivity contribution in [3.05, 3.63) is 46.1 Å². The van der Waals surface area contributed by atoms with E-state index in [1.807, 2.05) is 0 Å². The molecule has 2 rings (SSSR count). The van der Waals surface area contributed by atoms with Crippen LogP contribution >= 0.6 is 0 Å². The molecule has 1 aromatic heterocycles. The number of hydrogen-bond acceptors (Lipinski definition) is 6. The number of aromatic nitrogens is 2. The minimum Gasteiger partial charge on any atom is -0.481 e. The second kappa shape index (κ2) is 9.34. The summed E-state index contributed by atoms with van der Waals surface area (Å²) in [4.78, 5) is 29.8. The first-order chi connectivity index (χ1) is 12.6. The predicted molar refractivity (Wildman–Crippen MR) is 96.1 cm³/mol. The van der Waals surface area contributed by atoms with E-state index < -0.39 is 5.97 Å². The third-order valence-corrected chi connectivity index (χ3v) is 3.75. The van der Waals surface area contributed by atoms with Crippen LogP contribution in [0, 0.1) is 11.3 Å². The molecule has 136 valence electrons. The zero-order valence-electron chi connectivity index (χ0n) is 14.2. The first kappa shape index (κ1) is 19.1. The number of carboxylic acids is 1. The van der Waals surface area contributed by atoms with E-state index in [4.69, 9.17) is 10.2 Å². The van der Waals surface area contributed by atoms with Crippen molar-refractivity contribution in [1.29, 1.82) is 5.26 Å². The molecule has 8 heteroatoms. The highest BCUT2D eigenvalue weighted by Gasteiger charge is 2.13. The van der Waals surface area contributed by atoms with Gasteiger partial charge in [0.2, 0.25) is 0 Å². The zero-order chi connectivity index (χ0) is 18.9. The fourth-order valence-electron chi connectivity index (χ4n) is 2.50. The Morgan fingerprint density at radius 2 is 2.04 bits per heavy atom. The highest BCUT2D eigenvalue weighted by Crippen LogP contribution is 2.18. The summed E-state index contributed by atoms with van der Waals surface area (Å²) in [7, 11) is 0. The lowest BCUT2D eigenvalue weighted by molar-refractivity contribution is -0.137. The van der Waals surface area contributed by atoms with Gasteiger partial charge in [-0.2, -0.15) is 5.26 Å². The SMILES string of the molecule is N#C/C(=C(\CCCO)NCCCC(=O)O)c1nc2ccccc2c(=O)[nH]1. The molecule has 0 atom stereocenters. The molecule has 1 heterocycles. The number of nitrogens with zero attached hydrogens (tertiary/aromatic N) is 2. The molecule has 0 fully saturated rings. The Hall–Kier alpha value is -3.18. The van der Waals surface area contributed by atoms with Crippen molar-refractivity contribution in [2.45, 2.75) is 25.7 Å². The van der Waals surface area contributed by atoms with Gasteiger partial charge in [-0.1, -0.05) is 12.1 Å². The fraction of sp³-hybridized carbons (Fsp3) is 0.333. The van der Waals surface area contributed by atoms with E-state index in [0.29, 0.717) is 42.4 Å². The maximum Gasteiger partial charge on any atom is 0.303 e. The maximum absolute atomic E-state index is 12.2. The van der Waals surface area contributed by atoms with Crippen molar-refractivity contribution in [2.75, 3.05) is 13.2 Å². The van der Waals surface area contributed by atoms with Gasteiger partial charge in [0.25, 0.3) is 5.56 Å². The number of nitrogens with one attached hydrogen (secondary N) is 2. The van der Waals surface area contributed by atoms with Crippen molar-refractivity contribution in [1.82, 2.24) is 15.3 Å². The Kier molecular flexibility index (Phi) is 6.88. The van der Waals surface area contributed by atoms with Gasteiger partial charge in [0.15, 0.2) is 5.82 Å². The standard InChI is InChI=1S/C18H20N4O4/c19-11-13(14(7-4-10-23)20-9-3-8-16(24)25)17-21-15-6-2-1-5-12(15)18(26)22-17/h1-2,5-6,20,23H,3-4,7-10H2,(H,24,25)(H,21,22,26)/b14-13-. The number of carbonyl (C=O) groups is 1. The molecular weight excluding hydrogens is 336 g/mol. The smallest absolute Gasteiger partial charge is 0.303 e. The third kappa shape index (κ3) is 4.91. The minimum atomic E-state index is -0.895. The van der Waals surface area contributed by atoms with Crippen LogP contribution in [0.5, 0.6) is 0 Å². The summed E-state index contributed by atoms with van der Waals surface area (Å²) in [5, 5.41) is 30.9. The monoisotopic (exact) mass is 356 g/mol. The van der Waals surface area contributed by atoms with E-state index in [2.05, 4.69) is 21.4 Å². The van der Waals surface area contributed by atoms with Crippen molar-refractivity contribution in [3.8, 4) is 6.07 Å². The first-order valence-corrected chi connectivity index (χ1v) is 8.26. The maximum atomic E-state index is 12.2. The number of H-pyrrole nitrogens is 1. The number of benzene rings is 1. The van der Waals surface area contributed by atoms with E-state index >= 15 is 0 Å². The van der Waals surface area contributed by atoms with Crippen LogP contribution in [0.4, 0.5) is 0 Å². The Morgan fingerprint density at radius 3 is 2.73 bits per heavy atom. The number of aliphatic carboxylic acids is 1. The van der Waals surface area contributed by atoms with Gasteiger partial charge in [-0.3, -0.25) is 9.59 Å². The molecule has 0 spiro atoms.